The molecule has 0 spiro atoms. The van der Waals surface area contributed by atoms with Gasteiger partial charge in [-0.3, -0.25) is 0 Å². The molecule has 2 aliphatic rings. The second-order valence-electron chi connectivity index (χ2n) is 8.76. The van der Waals surface area contributed by atoms with Crippen LogP contribution < -0.4 is 0 Å². The first-order chi connectivity index (χ1) is 23.4. The van der Waals surface area contributed by atoms with Crippen molar-refractivity contribution in [3.63, 3.8) is 0 Å². The molecule has 1 aliphatic carbocycles. The number of aromatic nitrogens is 2. The number of thiophene rings is 1. The van der Waals surface area contributed by atoms with Crippen LogP contribution in [0.3, 0.4) is 0 Å². The van der Waals surface area contributed by atoms with E-state index in [1.54, 1.807) is 18.2 Å². The molecule has 4 heterocycles. The summed E-state index contributed by atoms with van der Waals surface area (Å²) in [6, 6.07) is 18.1. The fraction of sp³-hybridized carbons (Fsp3) is 0.242. The molecule has 0 amide bonds. The summed E-state index contributed by atoms with van der Waals surface area (Å²) in [5, 5.41) is 1.61. The number of allylic oxidation sites excluding steroid dienone is 1. The maximum Gasteiger partial charge on any atom is 0.113 e. The van der Waals surface area contributed by atoms with Gasteiger partial charge < -0.3 is 9.98 Å². The number of hydrogen-bond acceptors (Lipinski definition) is 4. The zero-order valence-electron chi connectivity index (χ0n) is 32.9. The molecule has 1 fully saturated rings. The SMILES string of the molecule is [2H]C1C(C([2H])([2H])[2H])=CN=C(c2[c-]ccc3c2sc2nc(C([2H])([2H])[2H])ccc23)C1[2H].[2H]c1c(C([2H])([2H])[2H])cnc(-c2[c-]ccc(C3CC3)c2)c1[2H].[Ir]. The van der Waals surface area contributed by atoms with Crippen LogP contribution in [0.4, 0.5) is 0 Å². The minimum atomic E-state index is -2.47. The summed E-state index contributed by atoms with van der Waals surface area (Å²) in [6.07, 6.45) is 2.26. The van der Waals surface area contributed by atoms with Gasteiger partial charge in [-0.05, 0) is 85.2 Å². The fourth-order valence-corrected chi connectivity index (χ4v) is 5.28. The van der Waals surface area contributed by atoms with Crippen LogP contribution in [0, 0.1) is 25.8 Å². The van der Waals surface area contributed by atoms with Crippen molar-refractivity contribution in [1.29, 1.82) is 0 Å². The second-order valence-corrected chi connectivity index (χ2v) is 9.76. The molecule has 38 heavy (non-hydrogen) atoms. The molecule has 5 aromatic rings. The topological polar surface area (TPSA) is 38.1 Å². The first-order valence-corrected chi connectivity index (χ1v) is 12.5. The molecule has 1 aliphatic heterocycles. The Kier molecular flexibility index (Phi) is 4.50. The third-order valence-electron chi connectivity index (χ3n) is 6.09. The van der Waals surface area contributed by atoms with Crippen molar-refractivity contribution in [2.75, 3.05) is 0 Å². The zero-order valence-corrected chi connectivity index (χ0v) is 23.1. The van der Waals surface area contributed by atoms with Crippen LogP contribution in [0.15, 0.2) is 77.5 Å². The van der Waals surface area contributed by atoms with E-state index in [9.17, 15) is 0 Å². The summed E-state index contributed by atoms with van der Waals surface area (Å²) < 4.78 is 101. The third-order valence-corrected chi connectivity index (χ3v) is 7.22. The average molecular weight is 705 g/mol. The number of benzene rings is 2. The van der Waals surface area contributed by atoms with E-state index in [1.807, 2.05) is 18.2 Å². The molecule has 2 unspecified atom stereocenters. The van der Waals surface area contributed by atoms with Crippen LogP contribution >= 0.6 is 11.3 Å². The maximum absolute atomic E-state index is 8.39. The van der Waals surface area contributed by atoms with Crippen molar-refractivity contribution in [2.24, 2.45) is 4.99 Å². The van der Waals surface area contributed by atoms with E-state index < -0.39 is 33.3 Å². The van der Waals surface area contributed by atoms with E-state index in [-0.39, 0.29) is 54.7 Å². The second kappa shape index (κ2) is 11.4. The van der Waals surface area contributed by atoms with E-state index in [2.05, 4.69) is 27.1 Å². The van der Waals surface area contributed by atoms with Crippen LogP contribution in [0.25, 0.3) is 31.6 Å². The molecule has 2 aromatic carbocycles. The molecule has 2 atom stereocenters. The van der Waals surface area contributed by atoms with E-state index in [1.165, 1.54) is 42.0 Å². The summed E-state index contributed by atoms with van der Waals surface area (Å²) in [7, 11) is 0. The Morgan fingerprint density at radius 1 is 1.03 bits per heavy atom. The maximum atomic E-state index is 8.39. The van der Waals surface area contributed by atoms with Crippen molar-refractivity contribution < 1.29 is 37.9 Å². The van der Waals surface area contributed by atoms with Crippen molar-refractivity contribution in [2.45, 2.75) is 52.1 Å². The van der Waals surface area contributed by atoms with Crippen molar-refractivity contribution in [3.05, 3.63) is 107 Å². The van der Waals surface area contributed by atoms with E-state index in [0.717, 1.165) is 21.7 Å². The first kappa shape index (κ1) is 15.0. The van der Waals surface area contributed by atoms with Crippen LogP contribution in [-0.4, -0.2) is 15.7 Å². The molecule has 1 saturated carbocycles. The van der Waals surface area contributed by atoms with Gasteiger partial charge in [0.1, 0.15) is 4.83 Å². The molecular formula is C33H29IrN3S-2. The van der Waals surface area contributed by atoms with Crippen molar-refractivity contribution in [1.82, 2.24) is 9.97 Å². The Labute approximate surface area is 260 Å². The molecule has 7 rings (SSSR count). The van der Waals surface area contributed by atoms with Gasteiger partial charge in [0, 0.05) is 53.3 Å². The number of hydrogen-bond donors (Lipinski definition) is 0. The van der Waals surface area contributed by atoms with Gasteiger partial charge in [-0.1, -0.05) is 29.1 Å². The monoisotopic (exact) mass is 705 g/mol. The fourth-order valence-electron chi connectivity index (χ4n) is 4.10. The average Bonchev–Trinajstić information content (AvgIpc) is 3.82. The van der Waals surface area contributed by atoms with E-state index in [0.29, 0.717) is 27.6 Å². The van der Waals surface area contributed by atoms with Crippen LogP contribution in [0.2, 0.25) is 0 Å². The molecular weight excluding hydrogens is 663 g/mol. The Morgan fingerprint density at radius 2 is 1.95 bits per heavy atom. The van der Waals surface area contributed by atoms with Crippen LogP contribution in [0.1, 0.15) is 78.6 Å². The molecule has 3 aromatic heterocycles. The van der Waals surface area contributed by atoms with Gasteiger partial charge in [-0.15, -0.1) is 59.2 Å². The number of aliphatic imine (C=N–C) groups is 1. The predicted molar refractivity (Wildman–Crippen MR) is 155 cm³/mol. The number of pyridine rings is 2. The van der Waals surface area contributed by atoms with E-state index in [4.69, 9.17) is 17.8 Å². The van der Waals surface area contributed by atoms with Gasteiger partial charge in [-0.25, -0.2) is 4.98 Å². The smallest absolute Gasteiger partial charge is 0.113 e. The van der Waals surface area contributed by atoms with Crippen molar-refractivity contribution >= 4 is 37.4 Å². The minimum absolute atomic E-state index is 0. The first-order valence-electron chi connectivity index (χ1n) is 18.4. The Hall–Kier alpha value is -2.98. The predicted octanol–water partition coefficient (Wildman–Crippen LogP) is 8.78. The molecule has 0 bridgehead atoms. The molecule has 5 heteroatoms. The van der Waals surface area contributed by atoms with Crippen molar-refractivity contribution in [3.8, 4) is 11.3 Å². The molecule has 0 N–H and O–H groups in total. The van der Waals surface area contributed by atoms with Gasteiger partial charge in [0.2, 0.25) is 0 Å². The van der Waals surface area contributed by atoms with Gasteiger partial charge in [0.25, 0.3) is 0 Å². The van der Waals surface area contributed by atoms with Crippen LogP contribution in [-0.2, 0) is 20.1 Å². The number of aryl methyl sites for hydroxylation is 2. The third kappa shape index (κ3) is 5.71. The number of nitrogens with zero attached hydrogens (tertiary/aromatic N) is 3. The standard InChI is InChI=1S/C18H15N2S.C15H14N.Ir/c1-11-6-9-16(19-10-11)15-5-3-4-13-14-8-7-12(2)20-18(14)21-17(13)15;1-11-5-8-15(16-10-11)14-4-2-3-13(9-14)12-6-7-12;/h3-4,7-8,10H,6,9H2,1-2H3;2-3,5,8-10,12H,6-7H2,1H3;/q2*-1;/i1D3,2D3,6D,9D;1D3,5D,8D;. The minimum Gasteiger partial charge on any atom is -0.309 e. The summed E-state index contributed by atoms with van der Waals surface area (Å²) in [5.74, 6) is 0.574. The Balaban J connectivity index is 0.000000204. The van der Waals surface area contributed by atoms with Gasteiger partial charge in [0.15, 0.2) is 0 Å². The molecule has 3 nitrogen and oxygen atoms in total. The summed E-state index contributed by atoms with van der Waals surface area (Å²) in [4.78, 5) is 13.1. The van der Waals surface area contributed by atoms with Gasteiger partial charge >= 0.3 is 0 Å². The zero-order chi connectivity index (χ0) is 36.3. The molecule has 1 radical (unpaired) electrons. The summed E-state index contributed by atoms with van der Waals surface area (Å²) >= 11 is 1.27. The quantitative estimate of drug-likeness (QED) is 0.176. The molecule has 193 valence electrons. The summed E-state index contributed by atoms with van der Waals surface area (Å²) in [6.45, 7) is -7.20. The number of fused-ring (bicyclic) bond motifs is 3. The van der Waals surface area contributed by atoms with Gasteiger partial charge in [-0.2, -0.15) is 11.3 Å². The Morgan fingerprint density at radius 3 is 2.79 bits per heavy atom. The van der Waals surface area contributed by atoms with Gasteiger partial charge in [0.05, 0.1) is 2.74 Å². The van der Waals surface area contributed by atoms with Crippen LogP contribution in [0.5, 0.6) is 0 Å². The number of rotatable bonds is 3. The van der Waals surface area contributed by atoms with E-state index >= 15 is 0 Å². The normalized spacial score (nSPS) is 24.7. The Bertz CT molecular complexity index is 2170. The molecule has 0 saturated heterocycles. The summed E-state index contributed by atoms with van der Waals surface area (Å²) in [5.41, 5.74) is 2.60. The largest absolute Gasteiger partial charge is 0.309 e.